The fraction of sp³-hybridized carbons (Fsp3) is 0.889. The Labute approximate surface area is 68.2 Å². The van der Waals surface area contributed by atoms with Crippen LogP contribution in [-0.2, 0) is 4.79 Å². The predicted octanol–water partition coefficient (Wildman–Crippen LogP) is 1.34. The zero-order chi connectivity index (χ0) is 8.48. The Kier molecular flexibility index (Phi) is 2.33. The maximum atomic E-state index is 11.2. The molecule has 0 amide bonds. The molecule has 2 N–H and O–H groups in total. The molecule has 1 aliphatic carbocycles. The van der Waals surface area contributed by atoms with E-state index in [1.54, 1.807) is 0 Å². The van der Waals surface area contributed by atoms with Crippen molar-refractivity contribution in [3.8, 4) is 0 Å². The second-order valence-corrected chi connectivity index (χ2v) is 4.27. The van der Waals surface area contributed by atoms with Crippen LogP contribution < -0.4 is 5.73 Å². The van der Waals surface area contributed by atoms with Gasteiger partial charge >= 0.3 is 0 Å². The van der Waals surface area contributed by atoms with E-state index in [-0.39, 0.29) is 18.2 Å². The molecular formula is C9H17NO. The summed E-state index contributed by atoms with van der Waals surface area (Å²) in [7, 11) is 0. The van der Waals surface area contributed by atoms with E-state index in [0.717, 1.165) is 12.8 Å². The maximum absolute atomic E-state index is 11.2. The molecule has 64 valence electrons. The molecule has 1 unspecified atom stereocenters. The van der Waals surface area contributed by atoms with E-state index in [2.05, 4.69) is 13.8 Å². The molecule has 0 aliphatic heterocycles. The highest BCUT2D eigenvalue weighted by molar-refractivity contribution is 5.83. The summed E-state index contributed by atoms with van der Waals surface area (Å²) in [4.78, 5) is 11.2. The molecule has 11 heavy (non-hydrogen) atoms. The van der Waals surface area contributed by atoms with Crippen LogP contribution in [0, 0.1) is 11.3 Å². The minimum absolute atomic E-state index is 0.223. The second kappa shape index (κ2) is 2.94. The standard InChI is InChI=1S/C9H17NO/c1-9(2)4-3-7(5-9)8(11)6-10/h7H,3-6,10H2,1-2H3. The van der Waals surface area contributed by atoms with E-state index in [1.165, 1.54) is 6.42 Å². The lowest BCUT2D eigenvalue weighted by atomic mass is 9.90. The molecule has 1 saturated carbocycles. The van der Waals surface area contributed by atoms with E-state index in [1.807, 2.05) is 0 Å². The third-order valence-electron chi connectivity index (χ3n) is 2.63. The number of hydrogen-bond donors (Lipinski definition) is 1. The first-order valence-corrected chi connectivity index (χ1v) is 4.28. The Balaban J connectivity index is 2.48. The monoisotopic (exact) mass is 155 g/mol. The van der Waals surface area contributed by atoms with Gasteiger partial charge in [0.15, 0.2) is 0 Å². The molecule has 1 rings (SSSR count). The van der Waals surface area contributed by atoms with Crippen LogP contribution in [0.15, 0.2) is 0 Å². The maximum Gasteiger partial charge on any atom is 0.149 e. The van der Waals surface area contributed by atoms with Gasteiger partial charge in [-0.1, -0.05) is 13.8 Å². The molecule has 1 atom stereocenters. The minimum Gasteiger partial charge on any atom is -0.324 e. The molecule has 0 aromatic rings. The highest BCUT2D eigenvalue weighted by Crippen LogP contribution is 2.40. The Hall–Kier alpha value is -0.370. The van der Waals surface area contributed by atoms with Gasteiger partial charge in [-0.2, -0.15) is 0 Å². The van der Waals surface area contributed by atoms with Crippen molar-refractivity contribution in [1.82, 2.24) is 0 Å². The Morgan fingerprint density at radius 2 is 2.27 bits per heavy atom. The van der Waals surface area contributed by atoms with Gasteiger partial charge in [0.2, 0.25) is 0 Å². The third-order valence-corrected chi connectivity index (χ3v) is 2.63. The summed E-state index contributed by atoms with van der Waals surface area (Å²) >= 11 is 0. The van der Waals surface area contributed by atoms with Gasteiger partial charge in [-0.25, -0.2) is 0 Å². The van der Waals surface area contributed by atoms with E-state index >= 15 is 0 Å². The molecule has 0 aromatic heterocycles. The number of hydrogen-bond acceptors (Lipinski definition) is 2. The lowest BCUT2D eigenvalue weighted by molar-refractivity contribution is -0.121. The van der Waals surface area contributed by atoms with Crippen molar-refractivity contribution in [2.24, 2.45) is 17.1 Å². The quantitative estimate of drug-likeness (QED) is 0.654. The smallest absolute Gasteiger partial charge is 0.149 e. The number of ketones is 1. The average Bonchev–Trinajstić information content (AvgIpc) is 2.29. The fourth-order valence-corrected chi connectivity index (χ4v) is 1.88. The summed E-state index contributed by atoms with van der Waals surface area (Å²) in [5.41, 5.74) is 5.66. The van der Waals surface area contributed by atoms with Crippen LogP contribution in [0.5, 0.6) is 0 Å². The highest BCUT2D eigenvalue weighted by atomic mass is 16.1. The molecule has 0 saturated heterocycles. The molecule has 0 spiro atoms. The van der Waals surface area contributed by atoms with Gasteiger partial charge < -0.3 is 5.73 Å². The molecule has 0 heterocycles. The van der Waals surface area contributed by atoms with E-state index in [0.29, 0.717) is 5.41 Å². The van der Waals surface area contributed by atoms with Gasteiger partial charge in [0.1, 0.15) is 5.78 Å². The van der Waals surface area contributed by atoms with Crippen LogP contribution in [0.1, 0.15) is 33.1 Å². The molecule has 2 heteroatoms. The van der Waals surface area contributed by atoms with Gasteiger partial charge in [-0.05, 0) is 24.7 Å². The first kappa shape index (κ1) is 8.72. The van der Waals surface area contributed by atoms with E-state index in [9.17, 15) is 4.79 Å². The molecule has 0 aromatic carbocycles. The van der Waals surface area contributed by atoms with Gasteiger partial charge in [-0.15, -0.1) is 0 Å². The summed E-state index contributed by atoms with van der Waals surface area (Å²) in [5.74, 6) is 0.505. The number of nitrogens with two attached hydrogens (primary N) is 1. The average molecular weight is 155 g/mol. The normalized spacial score (nSPS) is 28.8. The minimum atomic E-state index is 0.223. The third kappa shape index (κ3) is 2.03. The summed E-state index contributed by atoms with van der Waals surface area (Å²) in [6.45, 7) is 4.66. The van der Waals surface area contributed by atoms with Gasteiger partial charge in [0, 0.05) is 5.92 Å². The number of carbonyl (C=O) groups is 1. The lowest BCUT2D eigenvalue weighted by Crippen LogP contribution is -2.22. The molecule has 2 nitrogen and oxygen atoms in total. The molecule has 1 fully saturated rings. The van der Waals surface area contributed by atoms with Gasteiger partial charge in [0.25, 0.3) is 0 Å². The number of carbonyl (C=O) groups excluding carboxylic acids is 1. The van der Waals surface area contributed by atoms with Crippen molar-refractivity contribution in [3.05, 3.63) is 0 Å². The fourth-order valence-electron chi connectivity index (χ4n) is 1.88. The first-order chi connectivity index (χ1) is 5.05. The molecule has 0 bridgehead atoms. The van der Waals surface area contributed by atoms with Crippen LogP contribution in [0.4, 0.5) is 0 Å². The topological polar surface area (TPSA) is 43.1 Å². The van der Waals surface area contributed by atoms with Crippen molar-refractivity contribution in [1.29, 1.82) is 0 Å². The predicted molar refractivity (Wildman–Crippen MR) is 45.2 cm³/mol. The van der Waals surface area contributed by atoms with Crippen molar-refractivity contribution < 1.29 is 4.79 Å². The summed E-state index contributed by atoms with van der Waals surface area (Å²) in [6.07, 6.45) is 3.25. The van der Waals surface area contributed by atoms with Crippen LogP contribution >= 0.6 is 0 Å². The van der Waals surface area contributed by atoms with Gasteiger partial charge in [0.05, 0.1) is 6.54 Å². The van der Waals surface area contributed by atoms with Crippen LogP contribution in [0.25, 0.3) is 0 Å². The highest BCUT2D eigenvalue weighted by Gasteiger charge is 2.33. The Bertz CT molecular complexity index is 163. The van der Waals surface area contributed by atoms with Crippen molar-refractivity contribution in [3.63, 3.8) is 0 Å². The SMILES string of the molecule is CC1(C)CCC(C(=O)CN)C1. The van der Waals surface area contributed by atoms with Crippen LogP contribution in [0.3, 0.4) is 0 Å². The molecule has 0 radical (unpaired) electrons. The summed E-state index contributed by atoms with van der Waals surface area (Å²) < 4.78 is 0. The number of rotatable bonds is 2. The lowest BCUT2D eigenvalue weighted by Gasteiger charge is -2.16. The van der Waals surface area contributed by atoms with Gasteiger partial charge in [-0.3, -0.25) is 4.79 Å². The van der Waals surface area contributed by atoms with Crippen molar-refractivity contribution in [2.75, 3.05) is 6.54 Å². The molecular weight excluding hydrogens is 138 g/mol. The summed E-state index contributed by atoms with van der Waals surface area (Å²) in [6, 6.07) is 0. The Morgan fingerprint density at radius 1 is 1.64 bits per heavy atom. The molecule has 1 aliphatic rings. The zero-order valence-electron chi connectivity index (χ0n) is 7.39. The summed E-state index contributed by atoms with van der Waals surface area (Å²) in [5, 5.41) is 0. The van der Waals surface area contributed by atoms with Crippen LogP contribution in [0.2, 0.25) is 0 Å². The Morgan fingerprint density at radius 3 is 2.64 bits per heavy atom. The van der Waals surface area contributed by atoms with Crippen molar-refractivity contribution >= 4 is 5.78 Å². The zero-order valence-corrected chi connectivity index (χ0v) is 7.39. The first-order valence-electron chi connectivity index (χ1n) is 4.28. The van der Waals surface area contributed by atoms with Crippen molar-refractivity contribution in [2.45, 2.75) is 33.1 Å². The van der Waals surface area contributed by atoms with E-state index < -0.39 is 0 Å². The van der Waals surface area contributed by atoms with E-state index in [4.69, 9.17) is 5.73 Å². The number of Topliss-reactive ketones (excluding diaryl/α,β-unsaturated/α-hetero) is 1. The second-order valence-electron chi connectivity index (χ2n) is 4.27. The van der Waals surface area contributed by atoms with Crippen LogP contribution in [-0.4, -0.2) is 12.3 Å². The largest absolute Gasteiger partial charge is 0.324 e.